The number of hydrogen-bond donors (Lipinski definition) is 1. The molecule has 0 fully saturated rings. The second-order valence-corrected chi connectivity index (χ2v) is 6.35. The van der Waals surface area contributed by atoms with E-state index >= 15 is 0 Å². The van der Waals surface area contributed by atoms with Crippen LogP contribution in [0.1, 0.15) is 16.7 Å². The molecule has 0 saturated heterocycles. The van der Waals surface area contributed by atoms with Gasteiger partial charge in [0, 0.05) is 0 Å². The fourth-order valence-electron chi connectivity index (χ4n) is 1.79. The molecule has 104 valence electrons. The van der Waals surface area contributed by atoms with Crippen molar-refractivity contribution in [2.75, 3.05) is 0 Å². The summed E-state index contributed by atoms with van der Waals surface area (Å²) in [4.78, 5) is 9.87. The maximum Gasteiger partial charge on any atom is 0.332 e. The number of rotatable bonds is 6. The molecule has 0 aliphatic carbocycles. The molecule has 2 rings (SSSR count). The first-order valence-electron chi connectivity index (χ1n) is 6.31. The molecule has 1 N–H and O–H groups in total. The van der Waals surface area contributed by atoms with E-state index < -0.39 is 7.60 Å². The molecule has 2 aromatic carbocycles. The van der Waals surface area contributed by atoms with Crippen LogP contribution in [0.25, 0.3) is 6.08 Å². The van der Waals surface area contributed by atoms with Gasteiger partial charge in [-0.3, -0.25) is 4.57 Å². The Labute approximate surface area is 119 Å². The van der Waals surface area contributed by atoms with Crippen molar-refractivity contribution in [2.24, 2.45) is 0 Å². The predicted molar refractivity (Wildman–Crippen MR) is 81.3 cm³/mol. The van der Waals surface area contributed by atoms with Gasteiger partial charge in [-0.25, -0.2) is 0 Å². The van der Waals surface area contributed by atoms with Crippen LogP contribution in [0.5, 0.6) is 0 Å². The molecule has 0 saturated carbocycles. The first kappa shape index (κ1) is 14.7. The Kier molecular flexibility index (Phi) is 4.91. The Morgan fingerprint density at radius 2 is 1.70 bits per heavy atom. The van der Waals surface area contributed by atoms with Gasteiger partial charge in [-0.1, -0.05) is 67.3 Å². The zero-order chi connectivity index (χ0) is 14.4. The normalized spacial score (nSPS) is 13.7. The average molecular weight is 288 g/mol. The van der Waals surface area contributed by atoms with Crippen LogP contribution in [-0.4, -0.2) is 4.89 Å². The Balaban J connectivity index is 1.96. The highest BCUT2D eigenvalue weighted by Gasteiger charge is 2.20. The van der Waals surface area contributed by atoms with Gasteiger partial charge in [0.15, 0.2) is 0 Å². The van der Waals surface area contributed by atoms with Crippen LogP contribution in [0, 0.1) is 0 Å². The van der Waals surface area contributed by atoms with E-state index in [0.29, 0.717) is 0 Å². The molecule has 2 aromatic rings. The molecule has 1 atom stereocenters. The first-order valence-corrected chi connectivity index (χ1v) is 8.07. The molecular weight excluding hydrogens is 271 g/mol. The van der Waals surface area contributed by atoms with E-state index in [1.54, 1.807) is 6.08 Å². The van der Waals surface area contributed by atoms with E-state index in [4.69, 9.17) is 4.52 Å². The summed E-state index contributed by atoms with van der Waals surface area (Å²) >= 11 is 0. The fourth-order valence-corrected chi connectivity index (χ4v) is 2.90. The molecule has 4 heteroatoms. The molecule has 0 heterocycles. The quantitative estimate of drug-likeness (QED) is 0.809. The molecule has 0 radical (unpaired) electrons. The molecule has 0 aromatic heterocycles. The summed E-state index contributed by atoms with van der Waals surface area (Å²) in [6, 6.07) is 16.7. The second-order valence-electron chi connectivity index (χ2n) is 4.50. The number of benzene rings is 2. The highest BCUT2D eigenvalue weighted by molar-refractivity contribution is 7.51. The lowest BCUT2D eigenvalue weighted by molar-refractivity contribution is 0.249. The smallest absolute Gasteiger partial charge is 0.324 e. The lowest BCUT2D eigenvalue weighted by Crippen LogP contribution is -1.95. The van der Waals surface area contributed by atoms with E-state index in [-0.39, 0.29) is 12.8 Å². The summed E-state index contributed by atoms with van der Waals surface area (Å²) in [5.74, 6) is 0. The summed E-state index contributed by atoms with van der Waals surface area (Å²) in [6.07, 6.45) is 1.74. The van der Waals surface area contributed by atoms with E-state index in [0.717, 1.165) is 16.7 Å². The summed E-state index contributed by atoms with van der Waals surface area (Å²) in [6.45, 7) is 3.81. The second kappa shape index (κ2) is 6.67. The minimum absolute atomic E-state index is 0.0112. The van der Waals surface area contributed by atoms with Gasteiger partial charge in [0.25, 0.3) is 0 Å². The Morgan fingerprint density at radius 1 is 1.05 bits per heavy atom. The maximum atomic E-state index is 12.0. The summed E-state index contributed by atoms with van der Waals surface area (Å²) in [5.41, 5.74) is 2.63. The van der Waals surface area contributed by atoms with Gasteiger partial charge in [0.1, 0.15) is 0 Å². The zero-order valence-electron chi connectivity index (χ0n) is 11.1. The third kappa shape index (κ3) is 4.46. The topological polar surface area (TPSA) is 46.5 Å². The van der Waals surface area contributed by atoms with Crippen molar-refractivity contribution in [1.82, 2.24) is 0 Å². The van der Waals surface area contributed by atoms with Gasteiger partial charge in [0.05, 0.1) is 12.8 Å². The monoisotopic (exact) mass is 288 g/mol. The summed E-state index contributed by atoms with van der Waals surface area (Å²) < 4.78 is 17.2. The number of hydrogen-bond acceptors (Lipinski definition) is 2. The lowest BCUT2D eigenvalue weighted by Gasteiger charge is -2.12. The zero-order valence-corrected chi connectivity index (χ0v) is 12.0. The maximum absolute atomic E-state index is 12.0. The Hall–Kier alpha value is -1.67. The molecule has 0 spiro atoms. The van der Waals surface area contributed by atoms with Gasteiger partial charge in [-0.2, -0.15) is 0 Å². The third-order valence-electron chi connectivity index (χ3n) is 2.87. The van der Waals surface area contributed by atoms with Gasteiger partial charge in [-0.15, -0.1) is 0 Å². The lowest BCUT2D eigenvalue weighted by atomic mass is 10.1. The summed E-state index contributed by atoms with van der Waals surface area (Å²) in [5, 5.41) is 0. The van der Waals surface area contributed by atoms with Crippen molar-refractivity contribution < 1.29 is 14.0 Å². The van der Waals surface area contributed by atoms with Gasteiger partial charge < -0.3 is 9.42 Å². The first-order chi connectivity index (χ1) is 9.59. The van der Waals surface area contributed by atoms with Gasteiger partial charge >= 0.3 is 7.60 Å². The largest absolute Gasteiger partial charge is 0.332 e. The van der Waals surface area contributed by atoms with E-state index in [1.807, 2.05) is 54.6 Å². The molecule has 0 bridgehead atoms. The molecule has 3 nitrogen and oxygen atoms in total. The van der Waals surface area contributed by atoms with Crippen molar-refractivity contribution in [1.29, 1.82) is 0 Å². The van der Waals surface area contributed by atoms with Crippen molar-refractivity contribution in [3.8, 4) is 0 Å². The van der Waals surface area contributed by atoms with Crippen molar-refractivity contribution >= 4 is 13.7 Å². The van der Waals surface area contributed by atoms with Crippen LogP contribution < -0.4 is 0 Å². The molecule has 1 unspecified atom stereocenters. The molecule has 20 heavy (non-hydrogen) atoms. The van der Waals surface area contributed by atoms with Crippen molar-refractivity contribution in [3.63, 3.8) is 0 Å². The molecule has 0 aliphatic heterocycles. The Bertz CT molecular complexity index is 605. The van der Waals surface area contributed by atoms with Crippen LogP contribution in [0.3, 0.4) is 0 Å². The van der Waals surface area contributed by atoms with E-state index in [2.05, 4.69) is 6.58 Å². The molecule has 0 amide bonds. The van der Waals surface area contributed by atoms with Crippen molar-refractivity contribution in [3.05, 3.63) is 77.9 Å². The average Bonchev–Trinajstić information content (AvgIpc) is 2.47. The van der Waals surface area contributed by atoms with Gasteiger partial charge in [-0.05, 0) is 16.7 Å². The fraction of sp³-hybridized carbons (Fsp3) is 0.125. The SMILES string of the molecule is C=Cc1ccc(CP(=O)(O)OCc2ccccc2)cc1. The standard InChI is InChI=1S/C16H17O3P/c1-2-14-8-10-16(11-9-14)13-20(17,18)19-12-15-6-4-3-5-7-15/h2-11H,1,12-13H2,(H,17,18). The van der Waals surface area contributed by atoms with Crippen LogP contribution in [-0.2, 0) is 21.9 Å². The molecular formula is C16H17O3P. The van der Waals surface area contributed by atoms with Crippen LogP contribution in [0.15, 0.2) is 61.2 Å². The van der Waals surface area contributed by atoms with Crippen LogP contribution in [0.2, 0.25) is 0 Å². The van der Waals surface area contributed by atoms with E-state index in [1.165, 1.54) is 0 Å². The van der Waals surface area contributed by atoms with Gasteiger partial charge in [0.2, 0.25) is 0 Å². The predicted octanol–water partition coefficient (Wildman–Crippen LogP) is 4.23. The van der Waals surface area contributed by atoms with E-state index in [9.17, 15) is 9.46 Å². The highest BCUT2D eigenvalue weighted by Crippen LogP contribution is 2.46. The minimum atomic E-state index is -3.63. The Morgan fingerprint density at radius 3 is 2.30 bits per heavy atom. The van der Waals surface area contributed by atoms with Crippen LogP contribution >= 0.6 is 7.60 Å². The molecule has 0 aliphatic rings. The third-order valence-corrected chi connectivity index (χ3v) is 4.17. The summed E-state index contributed by atoms with van der Waals surface area (Å²) in [7, 11) is -3.63. The van der Waals surface area contributed by atoms with Crippen LogP contribution in [0.4, 0.5) is 0 Å². The highest BCUT2D eigenvalue weighted by atomic mass is 31.2. The van der Waals surface area contributed by atoms with Crippen molar-refractivity contribution in [2.45, 2.75) is 12.8 Å². The minimum Gasteiger partial charge on any atom is -0.324 e.